The first kappa shape index (κ1) is 16.0. The summed E-state index contributed by atoms with van der Waals surface area (Å²) in [5.74, 6) is 2.18. The molecule has 0 saturated heterocycles. The van der Waals surface area contributed by atoms with Crippen LogP contribution in [0.15, 0.2) is 70.0 Å². The van der Waals surface area contributed by atoms with Crippen LogP contribution in [0.1, 0.15) is 5.69 Å². The molecule has 3 aromatic heterocycles. The molecular formula is C18H15N3O2S2. The van der Waals surface area contributed by atoms with Crippen LogP contribution < -0.4 is 4.74 Å². The van der Waals surface area contributed by atoms with Crippen LogP contribution >= 0.6 is 23.1 Å². The molecule has 7 heteroatoms. The number of hydrogen-bond donors (Lipinski definition) is 0. The van der Waals surface area contributed by atoms with Crippen LogP contribution in [0.3, 0.4) is 0 Å². The van der Waals surface area contributed by atoms with E-state index >= 15 is 0 Å². The Kier molecular flexibility index (Phi) is 4.58. The van der Waals surface area contributed by atoms with Crippen molar-refractivity contribution in [1.29, 1.82) is 0 Å². The van der Waals surface area contributed by atoms with Gasteiger partial charge >= 0.3 is 0 Å². The van der Waals surface area contributed by atoms with E-state index in [1.165, 1.54) is 0 Å². The first-order valence-electron chi connectivity index (χ1n) is 7.62. The molecule has 0 N–H and O–H groups in total. The summed E-state index contributed by atoms with van der Waals surface area (Å²) in [5.41, 5.74) is 1.91. The van der Waals surface area contributed by atoms with Crippen molar-refractivity contribution >= 4 is 23.1 Å². The summed E-state index contributed by atoms with van der Waals surface area (Å²) in [6.07, 6.45) is 5.44. The average Bonchev–Trinajstić information content (AvgIpc) is 3.40. The molecule has 0 aliphatic carbocycles. The number of aromatic nitrogens is 3. The van der Waals surface area contributed by atoms with Gasteiger partial charge in [0.1, 0.15) is 12.0 Å². The molecule has 0 fully saturated rings. The topological polar surface area (TPSA) is 53.1 Å². The first-order chi connectivity index (χ1) is 12.3. The number of thiophene rings is 1. The number of thioether (sulfide) groups is 1. The molecular weight excluding hydrogens is 354 g/mol. The number of benzene rings is 1. The second-order valence-electron chi connectivity index (χ2n) is 5.19. The van der Waals surface area contributed by atoms with E-state index in [4.69, 9.17) is 9.15 Å². The summed E-state index contributed by atoms with van der Waals surface area (Å²) in [5, 5.41) is 2.91. The fourth-order valence-electron chi connectivity index (χ4n) is 2.38. The van der Waals surface area contributed by atoms with Gasteiger partial charge in [0, 0.05) is 24.2 Å². The van der Waals surface area contributed by atoms with E-state index in [0.717, 1.165) is 27.2 Å². The van der Waals surface area contributed by atoms with Crippen LogP contribution in [0, 0.1) is 0 Å². The molecule has 0 atom stereocenters. The van der Waals surface area contributed by atoms with E-state index in [2.05, 4.69) is 9.97 Å². The molecule has 5 nitrogen and oxygen atoms in total. The summed E-state index contributed by atoms with van der Waals surface area (Å²) in [6.45, 7) is 0. The Morgan fingerprint density at radius 1 is 1.28 bits per heavy atom. The average molecular weight is 369 g/mol. The summed E-state index contributed by atoms with van der Waals surface area (Å²) in [7, 11) is 1.67. The predicted octanol–water partition coefficient (Wildman–Crippen LogP) is 4.89. The number of methoxy groups -OCH3 is 1. The molecule has 126 valence electrons. The van der Waals surface area contributed by atoms with Crippen molar-refractivity contribution < 1.29 is 9.15 Å². The maximum atomic E-state index is 5.57. The summed E-state index contributed by atoms with van der Waals surface area (Å²) in [6, 6.07) is 11.9. The molecule has 3 heterocycles. The number of hydrogen-bond acceptors (Lipinski definition) is 6. The third-order valence-electron chi connectivity index (χ3n) is 3.57. The highest BCUT2D eigenvalue weighted by Gasteiger charge is 2.11. The Bertz CT molecular complexity index is 960. The lowest BCUT2D eigenvalue weighted by atomic mass is 10.3. The molecule has 0 amide bonds. The van der Waals surface area contributed by atoms with Gasteiger partial charge in [-0.3, -0.25) is 4.57 Å². The molecule has 0 aliphatic rings. The van der Waals surface area contributed by atoms with E-state index in [9.17, 15) is 0 Å². The smallest absolute Gasteiger partial charge is 0.236 e. The van der Waals surface area contributed by atoms with Crippen molar-refractivity contribution in [2.24, 2.45) is 0 Å². The number of imidazole rings is 1. The molecule has 0 spiro atoms. The Labute approximate surface area is 153 Å². The first-order valence-corrected chi connectivity index (χ1v) is 9.49. The zero-order valence-corrected chi connectivity index (χ0v) is 15.1. The monoisotopic (exact) mass is 369 g/mol. The van der Waals surface area contributed by atoms with Crippen LogP contribution in [0.2, 0.25) is 0 Å². The molecule has 1 aromatic carbocycles. The van der Waals surface area contributed by atoms with Crippen LogP contribution in [-0.4, -0.2) is 21.6 Å². The molecule has 0 aliphatic heterocycles. The summed E-state index contributed by atoms with van der Waals surface area (Å²) in [4.78, 5) is 10.0. The maximum Gasteiger partial charge on any atom is 0.236 e. The zero-order chi connectivity index (χ0) is 17.1. The molecule has 4 aromatic rings. The van der Waals surface area contributed by atoms with Gasteiger partial charge in [0.25, 0.3) is 0 Å². The van der Waals surface area contributed by atoms with Gasteiger partial charge in [-0.25, -0.2) is 9.97 Å². The van der Waals surface area contributed by atoms with E-state index in [0.29, 0.717) is 11.6 Å². The molecule has 25 heavy (non-hydrogen) atoms. The van der Waals surface area contributed by atoms with Crippen molar-refractivity contribution in [2.75, 3.05) is 7.11 Å². The fourth-order valence-corrected chi connectivity index (χ4v) is 3.88. The van der Waals surface area contributed by atoms with Crippen LogP contribution in [0.25, 0.3) is 16.5 Å². The number of ether oxygens (including phenoxy) is 1. The highest BCUT2D eigenvalue weighted by molar-refractivity contribution is 7.98. The summed E-state index contributed by atoms with van der Waals surface area (Å²) >= 11 is 3.23. The van der Waals surface area contributed by atoms with Gasteiger partial charge < -0.3 is 9.15 Å². The lowest BCUT2D eigenvalue weighted by molar-refractivity contribution is 0.414. The minimum atomic E-state index is 0.668. The highest BCUT2D eigenvalue weighted by Crippen LogP contribution is 2.28. The SMILES string of the molecule is COc1cccc(-n2ccnc2SCc2coc(-c3cccs3)n2)c1. The van der Waals surface area contributed by atoms with E-state index in [1.54, 1.807) is 42.7 Å². The number of nitrogens with zero attached hydrogens (tertiary/aromatic N) is 3. The van der Waals surface area contributed by atoms with Crippen molar-refractivity contribution in [3.63, 3.8) is 0 Å². The Hall–Kier alpha value is -2.51. The Morgan fingerprint density at radius 2 is 2.24 bits per heavy atom. The van der Waals surface area contributed by atoms with Crippen LogP contribution in [-0.2, 0) is 5.75 Å². The maximum absolute atomic E-state index is 5.57. The zero-order valence-electron chi connectivity index (χ0n) is 13.5. The lowest BCUT2D eigenvalue weighted by Gasteiger charge is -2.08. The van der Waals surface area contributed by atoms with Crippen molar-refractivity contribution in [3.8, 4) is 22.2 Å². The van der Waals surface area contributed by atoms with Gasteiger partial charge in [-0.1, -0.05) is 23.9 Å². The molecule has 0 radical (unpaired) electrons. The standard InChI is InChI=1S/C18H15N3O2S2/c1-22-15-5-2-4-14(10-15)21-8-7-19-18(21)25-12-13-11-23-17(20-13)16-6-3-9-24-16/h2-11H,12H2,1H3. The molecule has 4 rings (SSSR count). The second-order valence-corrected chi connectivity index (χ2v) is 7.08. The van der Waals surface area contributed by atoms with E-state index < -0.39 is 0 Å². The second kappa shape index (κ2) is 7.16. The quantitative estimate of drug-likeness (QED) is 0.453. The lowest BCUT2D eigenvalue weighted by Crippen LogP contribution is -1.96. The minimum absolute atomic E-state index is 0.668. The molecule has 0 bridgehead atoms. The van der Waals surface area contributed by atoms with Crippen molar-refractivity contribution in [3.05, 3.63) is 66.1 Å². The minimum Gasteiger partial charge on any atom is -0.497 e. The summed E-state index contributed by atoms with van der Waals surface area (Å²) < 4.78 is 12.9. The van der Waals surface area contributed by atoms with Gasteiger partial charge in [0.2, 0.25) is 5.89 Å². The normalized spacial score (nSPS) is 10.9. The third-order valence-corrected chi connectivity index (χ3v) is 5.43. The van der Waals surface area contributed by atoms with Gasteiger partial charge in [-0.05, 0) is 23.6 Å². The largest absolute Gasteiger partial charge is 0.497 e. The Balaban J connectivity index is 1.50. The van der Waals surface area contributed by atoms with E-state index in [1.807, 2.05) is 52.5 Å². The number of rotatable bonds is 6. The van der Waals surface area contributed by atoms with Crippen molar-refractivity contribution in [2.45, 2.75) is 10.9 Å². The molecule has 0 unspecified atom stereocenters. The van der Waals surface area contributed by atoms with Gasteiger partial charge in [0.05, 0.1) is 23.4 Å². The van der Waals surface area contributed by atoms with Crippen molar-refractivity contribution in [1.82, 2.24) is 14.5 Å². The number of oxazole rings is 1. The highest BCUT2D eigenvalue weighted by atomic mass is 32.2. The third kappa shape index (κ3) is 3.47. The van der Waals surface area contributed by atoms with Crippen LogP contribution in [0.4, 0.5) is 0 Å². The van der Waals surface area contributed by atoms with Gasteiger partial charge in [-0.15, -0.1) is 11.3 Å². The van der Waals surface area contributed by atoms with E-state index in [-0.39, 0.29) is 0 Å². The molecule has 0 saturated carbocycles. The van der Waals surface area contributed by atoms with Gasteiger partial charge in [0.15, 0.2) is 5.16 Å². The fraction of sp³-hybridized carbons (Fsp3) is 0.111. The van der Waals surface area contributed by atoms with Gasteiger partial charge in [-0.2, -0.15) is 0 Å². The predicted molar refractivity (Wildman–Crippen MR) is 99.5 cm³/mol. The van der Waals surface area contributed by atoms with Crippen LogP contribution in [0.5, 0.6) is 5.75 Å². The Morgan fingerprint density at radius 3 is 3.08 bits per heavy atom.